The molecule has 1 N–H and O–H groups in total. The molecule has 2 aliphatic rings. The molecule has 0 spiro atoms. The van der Waals surface area contributed by atoms with Crippen LogP contribution in [0.3, 0.4) is 0 Å². The molecule has 0 unspecified atom stereocenters. The normalized spacial score (nSPS) is 15.6. The first-order chi connectivity index (χ1) is 15.6. The summed E-state index contributed by atoms with van der Waals surface area (Å²) in [6, 6.07) is 12.9. The van der Waals surface area contributed by atoms with E-state index in [0.717, 1.165) is 29.0 Å². The number of rotatable bonds is 4. The number of anilines is 1. The summed E-state index contributed by atoms with van der Waals surface area (Å²) in [6.45, 7) is 3.49. The van der Waals surface area contributed by atoms with E-state index in [4.69, 9.17) is 9.47 Å². The van der Waals surface area contributed by atoms with Crippen LogP contribution in [-0.2, 0) is 0 Å². The van der Waals surface area contributed by atoms with E-state index in [9.17, 15) is 9.59 Å². The minimum Gasteiger partial charge on any atom is -0.454 e. The number of amides is 2. The second-order valence-corrected chi connectivity index (χ2v) is 8.91. The van der Waals surface area contributed by atoms with E-state index in [1.807, 2.05) is 36.1 Å². The van der Waals surface area contributed by atoms with Crippen LogP contribution in [0, 0.1) is 6.92 Å². The minimum absolute atomic E-state index is 0.0632. The summed E-state index contributed by atoms with van der Waals surface area (Å²) in [4.78, 5) is 27.3. The van der Waals surface area contributed by atoms with Gasteiger partial charge < -0.3 is 19.7 Å². The van der Waals surface area contributed by atoms with Gasteiger partial charge in [-0.05, 0) is 44.0 Å². The van der Waals surface area contributed by atoms with E-state index in [2.05, 4.69) is 15.5 Å². The lowest BCUT2D eigenvalue weighted by molar-refractivity contribution is 0.0712. The van der Waals surface area contributed by atoms with E-state index < -0.39 is 0 Å². The van der Waals surface area contributed by atoms with Crippen molar-refractivity contribution >= 4 is 28.8 Å². The number of piperidine rings is 1. The summed E-state index contributed by atoms with van der Waals surface area (Å²) in [6.07, 6.45) is 1.60. The molecule has 1 aromatic heterocycles. The summed E-state index contributed by atoms with van der Waals surface area (Å²) in [7, 11) is 0. The van der Waals surface area contributed by atoms with E-state index in [0.29, 0.717) is 35.3 Å². The third kappa shape index (κ3) is 4.16. The molecule has 0 saturated carbocycles. The van der Waals surface area contributed by atoms with Gasteiger partial charge in [-0.15, -0.1) is 10.2 Å². The van der Waals surface area contributed by atoms with Crippen LogP contribution >= 0.6 is 11.3 Å². The highest BCUT2D eigenvalue weighted by atomic mass is 32.1. The van der Waals surface area contributed by atoms with Gasteiger partial charge >= 0.3 is 0 Å². The van der Waals surface area contributed by atoms with Crippen molar-refractivity contribution in [2.75, 3.05) is 25.2 Å². The second kappa shape index (κ2) is 8.58. The van der Waals surface area contributed by atoms with Crippen LogP contribution in [0.2, 0.25) is 0 Å². The lowest BCUT2D eigenvalue weighted by atomic mass is 9.97. The van der Waals surface area contributed by atoms with Gasteiger partial charge in [0.05, 0.1) is 0 Å². The predicted octanol–water partition coefficient (Wildman–Crippen LogP) is 3.85. The molecule has 32 heavy (non-hydrogen) atoms. The molecule has 164 valence electrons. The molecule has 2 aliphatic heterocycles. The molecule has 8 nitrogen and oxygen atoms in total. The lowest BCUT2D eigenvalue weighted by Crippen LogP contribution is -2.37. The third-order valence-corrected chi connectivity index (χ3v) is 6.75. The zero-order valence-electron chi connectivity index (χ0n) is 17.5. The number of aryl methyl sites for hydroxylation is 1. The van der Waals surface area contributed by atoms with Crippen molar-refractivity contribution in [2.24, 2.45) is 0 Å². The standard InChI is InChI=1S/C23H22N4O4S/c1-14-3-2-4-16(11-14)23(29)27-9-7-15(8-10-27)21-25-26-22(32-21)20(28)24-17-5-6-18-19(12-17)31-13-30-18/h2-6,11-12,15H,7-10,13H2,1H3,(H,24,28). The molecule has 9 heteroatoms. The quantitative estimate of drug-likeness (QED) is 0.649. The number of hydrogen-bond donors (Lipinski definition) is 1. The number of benzene rings is 2. The summed E-state index contributed by atoms with van der Waals surface area (Å²) < 4.78 is 10.6. The lowest BCUT2D eigenvalue weighted by Gasteiger charge is -2.31. The number of hydrogen-bond acceptors (Lipinski definition) is 7. The number of carbonyl (C=O) groups is 2. The van der Waals surface area contributed by atoms with Gasteiger partial charge in [0, 0.05) is 36.3 Å². The van der Waals surface area contributed by atoms with Gasteiger partial charge in [-0.1, -0.05) is 29.0 Å². The Kier molecular flexibility index (Phi) is 5.48. The maximum atomic E-state index is 12.8. The molecule has 3 heterocycles. The first-order valence-corrected chi connectivity index (χ1v) is 11.3. The first-order valence-electron chi connectivity index (χ1n) is 10.5. The molecule has 0 aliphatic carbocycles. The van der Waals surface area contributed by atoms with Crippen LogP contribution < -0.4 is 14.8 Å². The Morgan fingerprint density at radius 2 is 1.88 bits per heavy atom. The van der Waals surface area contributed by atoms with Gasteiger partial charge in [0.25, 0.3) is 11.8 Å². The average molecular weight is 451 g/mol. The fourth-order valence-electron chi connectivity index (χ4n) is 3.94. The summed E-state index contributed by atoms with van der Waals surface area (Å²) in [5.41, 5.74) is 2.41. The van der Waals surface area contributed by atoms with Crippen molar-refractivity contribution in [3.63, 3.8) is 0 Å². The van der Waals surface area contributed by atoms with Crippen molar-refractivity contribution in [1.82, 2.24) is 15.1 Å². The molecule has 2 aromatic carbocycles. The van der Waals surface area contributed by atoms with Gasteiger partial charge in [0.1, 0.15) is 5.01 Å². The molecule has 3 aromatic rings. The van der Waals surface area contributed by atoms with Crippen molar-refractivity contribution in [3.8, 4) is 11.5 Å². The van der Waals surface area contributed by atoms with Crippen LogP contribution in [0.25, 0.3) is 0 Å². The molecule has 0 atom stereocenters. The number of nitrogens with zero attached hydrogens (tertiary/aromatic N) is 3. The summed E-state index contributed by atoms with van der Waals surface area (Å²) in [5.74, 6) is 1.22. The van der Waals surface area contributed by atoms with Gasteiger partial charge in [-0.2, -0.15) is 0 Å². The number of carbonyl (C=O) groups excluding carboxylic acids is 2. The fraction of sp³-hybridized carbons (Fsp3) is 0.304. The Balaban J connectivity index is 1.19. The van der Waals surface area contributed by atoms with Crippen molar-refractivity contribution in [3.05, 3.63) is 63.6 Å². The highest BCUT2D eigenvalue weighted by Gasteiger charge is 2.27. The number of nitrogens with one attached hydrogen (secondary N) is 1. The Hall–Kier alpha value is -3.46. The molecule has 5 rings (SSSR count). The third-order valence-electron chi connectivity index (χ3n) is 5.66. The van der Waals surface area contributed by atoms with Gasteiger partial charge in [-0.3, -0.25) is 9.59 Å². The van der Waals surface area contributed by atoms with E-state index in [-0.39, 0.29) is 24.5 Å². The SMILES string of the molecule is Cc1cccc(C(=O)N2CCC(c3nnc(C(=O)Nc4ccc5c(c4)OCO5)s3)CC2)c1. The van der Waals surface area contributed by atoms with Crippen molar-refractivity contribution < 1.29 is 19.1 Å². The highest BCUT2D eigenvalue weighted by Crippen LogP contribution is 2.35. The number of aromatic nitrogens is 2. The molecule has 0 bridgehead atoms. The second-order valence-electron chi connectivity index (χ2n) is 7.90. The highest BCUT2D eigenvalue weighted by molar-refractivity contribution is 7.13. The predicted molar refractivity (Wildman–Crippen MR) is 119 cm³/mol. The zero-order valence-corrected chi connectivity index (χ0v) is 18.4. The van der Waals surface area contributed by atoms with Gasteiger partial charge in [0.2, 0.25) is 11.8 Å². The first kappa shape index (κ1) is 20.4. The Bertz CT molecular complexity index is 1170. The maximum absolute atomic E-state index is 12.8. The smallest absolute Gasteiger partial charge is 0.286 e. The largest absolute Gasteiger partial charge is 0.454 e. The summed E-state index contributed by atoms with van der Waals surface area (Å²) in [5, 5.41) is 12.3. The molecule has 1 fully saturated rings. The van der Waals surface area contributed by atoms with E-state index >= 15 is 0 Å². The Labute approximate surface area is 189 Å². The average Bonchev–Trinajstić information content (AvgIpc) is 3.48. The Morgan fingerprint density at radius 3 is 2.69 bits per heavy atom. The summed E-state index contributed by atoms with van der Waals surface area (Å²) >= 11 is 1.31. The molecule has 1 saturated heterocycles. The number of likely N-dealkylation sites (tertiary alicyclic amines) is 1. The minimum atomic E-state index is -0.306. The van der Waals surface area contributed by atoms with Crippen LogP contribution in [-0.4, -0.2) is 46.8 Å². The monoisotopic (exact) mass is 450 g/mol. The van der Waals surface area contributed by atoms with E-state index in [1.165, 1.54) is 11.3 Å². The van der Waals surface area contributed by atoms with Crippen LogP contribution in [0.4, 0.5) is 5.69 Å². The molecule has 2 amide bonds. The van der Waals surface area contributed by atoms with Gasteiger partial charge in [0.15, 0.2) is 11.5 Å². The molecular formula is C23H22N4O4S. The molecule has 0 radical (unpaired) electrons. The zero-order chi connectivity index (χ0) is 22.1. The topological polar surface area (TPSA) is 93.7 Å². The Morgan fingerprint density at radius 1 is 1.06 bits per heavy atom. The van der Waals surface area contributed by atoms with Crippen LogP contribution in [0.15, 0.2) is 42.5 Å². The van der Waals surface area contributed by atoms with E-state index in [1.54, 1.807) is 18.2 Å². The van der Waals surface area contributed by atoms with Gasteiger partial charge in [-0.25, -0.2) is 0 Å². The fourth-order valence-corrected chi connectivity index (χ4v) is 4.85. The number of ether oxygens (including phenoxy) is 2. The maximum Gasteiger partial charge on any atom is 0.286 e. The van der Waals surface area contributed by atoms with Crippen molar-refractivity contribution in [1.29, 1.82) is 0 Å². The molecular weight excluding hydrogens is 428 g/mol. The number of fused-ring (bicyclic) bond motifs is 1. The van der Waals surface area contributed by atoms with Crippen LogP contribution in [0.5, 0.6) is 11.5 Å². The van der Waals surface area contributed by atoms with Crippen molar-refractivity contribution in [2.45, 2.75) is 25.7 Å². The van der Waals surface area contributed by atoms with Crippen LogP contribution in [0.1, 0.15) is 49.5 Å².